The lowest BCUT2D eigenvalue weighted by molar-refractivity contribution is 0.0922. The highest BCUT2D eigenvalue weighted by atomic mass is 16.1. The second kappa shape index (κ2) is 6.55. The van der Waals surface area contributed by atoms with E-state index >= 15 is 0 Å². The number of amides is 1. The summed E-state index contributed by atoms with van der Waals surface area (Å²) in [6.07, 6.45) is 7.59. The summed E-state index contributed by atoms with van der Waals surface area (Å²) < 4.78 is 0. The maximum absolute atomic E-state index is 12.1. The Morgan fingerprint density at radius 3 is 2.74 bits per heavy atom. The number of rotatable bonds is 4. The molecule has 0 aliphatic heterocycles. The second-order valence-electron chi connectivity index (χ2n) is 5.54. The molecule has 0 radical (unpaired) electrons. The van der Waals surface area contributed by atoms with Crippen molar-refractivity contribution in [3.63, 3.8) is 0 Å². The van der Waals surface area contributed by atoms with E-state index in [-0.39, 0.29) is 5.91 Å². The summed E-state index contributed by atoms with van der Waals surface area (Å²) in [5.41, 5.74) is 1.44. The third kappa shape index (κ3) is 4.23. The first-order chi connectivity index (χ1) is 9.15. The largest absolute Gasteiger partial charge is 0.383 e. The van der Waals surface area contributed by atoms with E-state index in [9.17, 15) is 4.79 Å². The van der Waals surface area contributed by atoms with Gasteiger partial charge in [0.2, 0.25) is 0 Å². The molecular formula is C15H23N3O. The molecule has 4 nitrogen and oxygen atoms in total. The smallest absolute Gasteiger partial charge is 0.270 e. The van der Waals surface area contributed by atoms with Gasteiger partial charge in [-0.3, -0.25) is 9.78 Å². The van der Waals surface area contributed by atoms with E-state index in [0.29, 0.717) is 17.8 Å². The molecule has 0 bridgehead atoms. The number of pyridine rings is 1. The first-order valence-electron chi connectivity index (χ1n) is 7.18. The van der Waals surface area contributed by atoms with Gasteiger partial charge in [-0.2, -0.15) is 0 Å². The Kier molecular flexibility index (Phi) is 4.77. The lowest BCUT2D eigenvalue weighted by atomic mass is 9.95. The van der Waals surface area contributed by atoms with Gasteiger partial charge in [0.05, 0.1) is 0 Å². The normalized spacial score (nSPS) is 16.4. The molecular weight excluding hydrogens is 238 g/mol. The Morgan fingerprint density at radius 1 is 1.32 bits per heavy atom. The monoisotopic (exact) mass is 261 g/mol. The Hall–Kier alpha value is -1.58. The molecule has 1 aromatic rings. The summed E-state index contributed by atoms with van der Waals surface area (Å²) in [5, 5.41) is 6.37. The molecule has 19 heavy (non-hydrogen) atoms. The molecule has 1 aliphatic rings. The Bertz CT molecular complexity index is 425. The number of hydrogen-bond acceptors (Lipinski definition) is 3. The van der Waals surface area contributed by atoms with Crippen LogP contribution in [0.2, 0.25) is 0 Å². The summed E-state index contributed by atoms with van der Waals surface area (Å²) in [6.45, 7) is 4.14. The third-order valence-corrected chi connectivity index (χ3v) is 3.39. The summed E-state index contributed by atoms with van der Waals surface area (Å²) in [5.74, 6) is -0.0562. The number of carbonyl (C=O) groups is 1. The maximum atomic E-state index is 12.1. The van der Waals surface area contributed by atoms with Gasteiger partial charge < -0.3 is 10.6 Å². The molecule has 2 rings (SSSR count). The van der Waals surface area contributed by atoms with E-state index in [1.54, 1.807) is 6.20 Å². The number of nitrogens with one attached hydrogen (secondary N) is 2. The lowest BCUT2D eigenvalue weighted by Gasteiger charge is -2.22. The second-order valence-corrected chi connectivity index (χ2v) is 5.54. The van der Waals surface area contributed by atoms with Crippen LogP contribution in [0.4, 0.5) is 5.69 Å². The Balaban J connectivity index is 1.97. The van der Waals surface area contributed by atoms with E-state index in [1.807, 2.05) is 12.1 Å². The van der Waals surface area contributed by atoms with Crippen LogP contribution >= 0.6 is 0 Å². The number of hydrogen-bond donors (Lipinski definition) is 2. The lowest BCUT2D eigenvalue weighted by Crippen LogP contribution is -2.36. The first-order valence-corrected chi connectivity index (χ1v) is 7.18. The average Bonchev–Trinajstić information content (AvgIpc) is 2.39. The molecule has 1 aromatic heterocycles. The third-order valence-electron chi connectivity index (χ3n) is 3.39. The van der Waals surface area contributed by atoms with Crippen molar-refractivity contribution in [3.8, 4) is 0 Å². The molecule has 0 spiro atoms. The van der Waals surface area contributed by atoms with E-state index in [4.69, 9.17) is 0 Å². The number of nitrogens with zero attached hydrogens (tertiary/aromatic N) is 1. The molecule has 1 amide bonds. The van der Waals surface area contributed by atoms with Crippen molar-refractivity contribution in [2.45, 2.75) is 58.0 Å². The van der Waals surface area contributed by atoms with Crippen molar-refractivity contribution in [1.29, 1.82) is 0 Å². The fraction of sp³-hybridized carbons (Fsp3) is 0.600. The molecule has 1 saturated carbocycles. The van der Waals surface area contributed by atoms with Crippen LogP contribution < -0.4 is 10.6 Å². The zero-order valence-electron chi connectivity index (χ0n) is 11.8. The number of anilines is 1. The van der Waals surface area contributed by atoms with Crippen LogP contribution in [-0.4, -0.2) is 23.0 Å². The fourth-order valence-electron chi connectivity index (χ4n) is 2.48. The van der Waals surface area contributed by atoms with E-state index in [0.717, 1.165) is 18.5 Å². The molecule has 0 unspecified atom stereocenters. The van der Waals surface area contributed by atoms with Crippen molar-refractivity contribution in [2.24, 2.45) is 0 Å². The van der Waals surface area contributed by atoms with Gasteiger partial charge in [-0.25, -0.2) is 0 Å². The molecule has 104 valence electrons. The van der Waals surface area contributed by atoms with Gasteiger partial charge in [0, 0.05) is 24.0 Å². The molecule has 1 fully saturated rings. The topological polar surface area (TPSA) is 54.0 Å². The van der Waals surface area contributed by atoms with Crippen LogP contribution in [0.25, 0.3) is 0 Å². The minimum atomic E-state index is -0.0562. The highest BCUT2D eigenvalue weighted by Crippen LogP contribution is 2.18. The Morgan fingerprint density at radius 2 is 2.05 bits per heavy atom. The van der Waals surface area contributed by atoms with Gasteiger partial charge in [-0.05, 0) is 38.8 Å². The zero-order valence-corrected chi connectivity index (χ0v) is 11.8. The van der Waals surface area contributed by atoms with Gasteiger partial charge in [0.25, 0.3) is 5.91 Å². The van der Waals surface area contributed by atoms with Crippen LogP contribution in [-0.2, 0) is 0 Å². The molecule has 0 saturated heterocycles. The molecule has 4 heteroatoms. The van der Waals surface area contributed by atoms with Crippen molar-refractivity contribution < 1.29 is 4.79 Å². The Labute approximate surface area is 115 Å². The van der Waals surface area contributed by atoms with Crippen LogP contribution in [0.3, 0.4) is 0 Å². The number of carbonyl (C=O) groups excluding carboxylic acids is 1. The zero-order chi connectivity index (χ0) is 13.7. The molecule has 0 atom stereocenters. The van der Waals surface area contributed by atoms with Crippen LogP contribution in [0.1, 0.15) is 56.4 Å². The average molecular weight is 261 g/mol. The maximum Gasteiger partial charge on any atom is 0.270 e. The van der Waals surface area contributed by atoms with Gasteiger partial charge in [-0.15, -0.1) is 0 Å². The van der Waals surface area contributed by atoms with Crippen molar-refractivity contribution in [1.82, 2.24) is 10.3 Å². The van der Waals surface area contributed by atoms with E-state index in [1.165, 1.54) is 19.3 Å². The van der Waals surface area contributed by atoms with Gasteiger partial charge in [-0.1, -0.05) is 19.3 Å². The molecule has 1 heterocycles. The summed E-state index contributed by atoms with van der Waals surface area (Å²) in [4.78, 5) is 16.3. The van der Waals surface area contributed by atoms with Crippen LogP contribution in [0.5, 0.6) is 0 Å². The minimum Gasteiger partial charge on any atom is -0.383 e. The molecule has 2 N–H and O–H groups in total. The van der Waals surface area contributed by atoms with Crippen LogP contribution in [0, 0.1) is 0 Å². The quantitative estimate of drug-likeness (QED) is 0.876. The summed E-state index contributed by atoms with van der Waals surface area (Å²) in [6, 6.07) is 4.37. The summed E-state index contributed by atoms with van der Waals surface area (Å²) in [7, 11) is 0. The van der Waals surface area contributed by atoms with Gasteiger partial charge >= 0.3 is 0 Å². The van der Waals surface area contributed by atoms with Gasteiger partial charge in [0.15, 0.2) is 0 Å². The SMILES string of the molecule is CC(C)Nc1ccnc(C(=O)NC2CCCCC2)c1. The molecule has 0 aromatic carbocycles. The fourth-order valence-corrected chi connectivity index (χ4v) is 2.48. The first kappa shape index (κ1) is 13.8. The predicted octanol–water partition coefficient (Wildman–Crippen LogP) is 2.96. The predicted molar refractivity (Wildman–Crippen MR) is 77.3 cm³/mol. The minimum absolute atomic E-state index is 0.0562. The highest BCUT2D eigenvalue weighted by molar-refractivity contribution is 5.93. The molecule has 1 aliphatic carbocycles. The van der Waals surface area contributed by atoms with Crippen molar-refractivity contribution in [3.05, 3.63) is 24.0 Å². The van der Waals surface area contributed by atoms with Crippen LogP contribution in [0.15, 0.2) is 18.3 Å². The van der Waals surface area contributed by atoms with Crippen molar-refractivity contribution in [2.75, 3.05) is 5.32 Å². The van der Waals surface area contributed by atoms with E-state index < -0.39 is 0 Å². The van der Waals surface area contributed by atoms with E-state index in [2.05, 4.69) is 29.5 Å². The standard InChI is InChI=1S/C15H23N3O/c1-11(2)17-13-8-9-16-14(10-13)15(19)18-12-6-4-3-5-7-12/h8-12H,3-7H2,1-2H3,(H,16,17)(H,18,19). The van der Waals surface area contributed by atoms with Crippen molar-refractivity contribution >= 4 is 11.6 Å². The van der Waals surface area contributed by atoms with Gasteiger partial charge in [0.1, 0.15) is 5.69 Å². The summed E-state index contributed by atoms with van der Waals surface area (Å²) >= 11 is 0. The highest BCUT2D eigenvalue weighted by Gasteiger charge is 2.17. The number of aromatic nitrogens is 1.